The summed E-state index contributed by atoms with van der Waals surface area (Å²) in [6.07, 6.45) is 1.43. The smallest absolute Gasteiger partial charge is 0.352 e. The van der Waals surface area contributed by atoms with Crippen molar-refractivity contribution in [3.8, 4) is 11.3 Å². The average Bonchev–Trinajstić information content (AvgIpc) is 2.99. The summed E-state index contributed by atoms with van der Waals surface area (Å²) in [6, 6.07) is 27.2. The highest BCUT2D eigenvalue weighted by Gasteiger charge is 2.26. The van der Waals surface area contributed by atoms with Crippen LogP contribution in [0.3, 0.4) is 0 Å². The van der Waals surface area contributed by atoms with Gasteiger partial charge in [0.1, 0.15) is 22.9 Å². The van der Waals surface area contributed by atoms with E-state index in [2.05, 4.69) is 16.7 Å². The molecule has 0 unspecified atom stereocenters. The Labute approximate surface area is 230 Å². The number of benzene rings is 3. The summed E-state index contributed by atoms with van der Waals surface area (Å²) >= 11 is 0. The predicted molar refractivity (Wildman–Crippen MR) is 161 cm³/mol. The second-order valence-corrected chi connectivity index (χ2v) is 9.23. The zero-order valence-electron chi connectivity index (χ0n) is 22.1. The van der Waals surface area contributed by atoms with Crippen LogP contribution < -0.4 is 26.4 Å². The van der Waals surface area contributed by atoms with Gasteiger partial charge in [-0.25, -0.2) is 9.78 Å². The third-order valence-corrected chi connectivity index (χ3v) is 6.75. The molecule has 0 amide bonds. The minimum Gasteiger partial charge on any atom is -0.477 e. The van der Waals surface area contributed by atoms with Crippen LogP contribution in [0.2, 0.25) is 0 Å². The molecule has 3 N–H and O–H groups in total. The van der Waals surface area contributed by atoms with Crippen molar-refractivity contribution in [2.75, 3.05) is 28.6 Å². The van der Waals surface area contributed by atoms with E-state index in [0.29, 0.717) is 24.5 Å². The summed E-state index contributed by atoms with van der Waals surface area (Å²) in [7, 11) is 0. The fourth-order valence-electron chi connectivity index (χ4n) is 4.64. The zero-order chi connectivity index (χ0) is 28.2. The van der Waals surface area contributed by atoms with E-state index in [1.54, 1.807) is 17.0 Å². The average molecular weight is 533 g/mol. The Bertz CT molecular complexity index is 1780. The standard InChI is InChI=1S/C32H28N4O4/c1-3-36(4-2)28-27(29(37)30(28)38)34-26(32(39)40)18-20-14-16-23(17-15-20)33-31-24-13-9-8-12-22(24)19-25(35-31)21-10-6-5-7-11-21/h5-19,34H,3-4H2,1-2H3,(H,33,35)(H,39,40). The van der Waals surface area contributed by atoms with Crippen molar-refractivity contribution in [3.63, 3.8) is 0 Å². The first-order valence-electron chi connectivity index (χ1n) is 13.0. The van der Waals surface area contributed by atoms with E-state index in [-0.39, 0.29) is 17.1 Å². The molecule has 0 bridgehead atoms. The Morgan fingerprint density at radius 3 is 2.25 bits per heavy atom. The fourth-order valence-corrected chi connectivity index (χ4v) is 4.64. The van der Waals surface area contributed by atoms with Crippen molar-refractivity contribution in [3.05, 3.63) is 117 Å². The van der Waals surface area contributed by atoms with E-state index >= 15 is 0 Å². The second kappa shape index (κ2) is 11.2. The fraction of sp³-hybridized carbons (Fsp3) is 0.125. The van der Waals surface area contributed by atoms with Gasteiger partial charge in [-0.15, -0.1) is 0 Å². The number of carbonyl (C=O) groups is 1. The van der Waals surface area contributed by atoms with Crippen LogP contribution in [0.15, 0.2) is 100 Å². The lowest BCUT2D eigenvalue weighted by Gasteiger charge is -2.25. The first kappa shape index (κ1) is 26.4. The molecule has 0 aliphatic rings. The molecule has 0 radical (unpaired) electrons. The van der Waals surface area contributed by atoms with E-state index < -0.39 is 16.8 Å². The van der Waals surface area contributed by atoms with Gasteiger partial charge in [0.2, 0.25) is 0 Å². The monoisotopic (exact) mass is 532 g/mol. The molecule has 1 heterocycles. The summed E-state index contributed by atoms with van der Waals surface area (Å²) < 4.78 is 0. The predicted octanol–water partition coefficient (Wildman–Crippen LogP) is 5.63. The summed E-state index contributed by atoms with van der Waals surface area (Å²) in [4.78, 5) is 42.9. The number of carboxylic acids is 1. The van der Waals surface area contributed by atoms with Crippen LogP contribution >= 0.6 is 0 Å². The number of pyridine rings is 1. The molecule has 0 saturated carbocycles. The molecule has 0 aliphatic heterocycles. The Kier molecular flexibility index (Phi) is 7.41. The summed E-state index contributed by atoms with van der Waals surface area (Å²) in [5.41, 5.74) is 1.94. The molecule has 0 atom stereocenters. The van der Waals surface area contributed by atoms with Gasteiger partial charge in [0, 0.05) is 29.7 Å². The van der Waals surface area contributed by atoms with Crippen molar-refractivity contribution in [2.45, 2.75) is 13.8 Å². The number of hydrogen-bond donors (Lipinski definition) is 3. The van der Waals surface area contributed by atoms with Crippen LogP contribution in [0.25, 0.3) is 28.1 Å². The molecule has 0 aliphatic carbocycles. The quantitative estimate of drug-likeness (QED) is 0.157. The topological polar surface area (TPSA) is 112 Å². The number of carboxylic acid groups (broad SMARTS) is 1. The van der Waals surface area contributed by atoms with Gasteiger partial charge >= 0.3 is 5.97 Å². The van der Waals surface area contributed by atoms with Gasteiger partial charge in [0.25, 0.3) is 10.9 Å². The molecular formula is C32H28N4O4. The molecule has 5 aromatic rings. The van der Waals surface area contributed by atoms with Gasteiger partial charge in [-0.1, -0.05) is 66.7 Å². The molecule has 0 spiro atoms. The van der Waals surface area contributed by atoms with Crippen molar-refractivity contribution >= 4 is 45.7 Å². The summed E-state index contributed by atoms with van der Waals surface area (Å²) in [5.74, 6) is -0.536. The lowest BCUT2D eigenvalue weighted by atomic mass is 10.1. The number of rotatable bonds is 10. The van der Waals surface area contributed by atoms with Crippen LogP contribution in [-0.2, 0) is 4.79 Å². The molecule has 8 nitrogen and oxygen atoms in total. The molecular weight excluding hydrogens is 504 g/mol. The lowest BCUT2D eigenvalue weighted by molar-refractivity contribution is -0.132. The number of aliphatic carboxylic acids is 1. The van der Waals surface area contributed by atoms with E-state index in [9.17, 15) is 19.5 Å². The maximum Gasteiger partial charge on any atom is 0.352 e. The first-order chi connectivity index (χ1) is 19.4. The number of hydrogen-bond acceptors (Lipinski definition) is 7. The number of anilines is 4. The highest BCUT2D eigenvalue weighted by Crippen LogP contribution is 2.30. The van der Waals surface area contributed by atoms with E-state index in [1.807, 2.05) is 80.6 Å². The van der Waals surface area contributed by atoms with E-state index in [0.717, 1.165) is 27.7 Å². The Balaban J connectivity index is 1.42. The normalized spacial score (nSPS) is 11.5. The highest BCUT2D eigenvalue weighted by atomic mass is 16.4. The third-order valence-electron chi connectivity index (χ3n) is 6.75. The SMILES string of the molecule is CCN(CC)c1c(NC(=Cc2ccc(Nc3nc(-c4ccccc4)cc4ccccc34)cc2)C(=O)O)c(=O)c1=O. The first-order valence-corrected chi connectivity index (χ1v) is 13.0. The van der Waals surface area contributed by atoms with Gasteiger partial charge in [-0.3, -0.25) is 9.59 Å². The van der Waals surface area contributed by atoms with Crippen LogP contribution in [0.1, 0.15) is 19.4 Å². The van der Waals surface area contributed by atoms with Gasteiger partial charge in [-0.2, -0.15) is 0 Å². The van der Waals surface area contributed by atoms with Gasteiger partial charge in [0.15, 0.2) is 0 Å². The van der Waals surface area contributed by atoms with Gasteiger partial charge in [-0.05, 0) is 49.1 Å². The van der Waals surface area contributed by atoms with E-state index in [4.69, 9.17) is 4.98 Å². The number of nitrogens with zero attached hydrogens (tertiary/aromatic N) is 2. The van der Waals surface area contributed by atoms with Crippen LogP contribution in [0.5, 0.6) is 0 Å². The summed E-state index contributed by atoms with van der Waals surface area (Å²) in [6.45, 7) is 4.78. The maximum absolute atomic E-state index is 12.2. The van der Waals surface area contributed by atoms with Crippen LogP contribution in [-0.4, -0.2) is 29.1 Å². The number of nitrogens with one attached hydrogen (secondary N) is 2. The Morgan fingerprint density at radius 2 is 1.57 bits per heavy atom. The third kappa shape index (κ3) is 5.19. The van der Waals surface area contributed by atoms with Crippen molar-refractivity contribution in [1.82, 2.24) is 4.98 Å². The largest absolute Gasteiger partial charge is 0.477 e. The Morgan fingerprint density at radius 1 is 0.900 bits per heavy atom. The molecule has 4 aromatic carbocycles. The lowest BCUT2D eigenvalue weighted by Crippen LogP contribution is -2.42. The molecule has 40 heavy (non-hydrogen) atoms. The minimum atomic E-state index is -1.24. The molecule has 1 aromatic heterocycles. The van der Waals surface area contributed by atoms with Crippen molar-refractivity contribution in [1.29, 1.82) is 0 Å². The van der Waals surface area contributed by atoms with E-state index in [1.165, 1.54) is 6.08 Å². The van der Waals surface area contributed by atoms with Crippen LogP contribution in [0.4, 0.5) is 22.9 Å². The molecule has 5 rings (SSSR count). The molecule has 200 valence electrons. The van der Waals surface area contributed by atoms with Gasteiger partial charge < -0.3 is 20.6 Å². The Hall–Kier alpha value is -5.24. The van der Waals surface area contributed by atoms with Crippen molar-refractivity contribution < 1.29 is 9.90 Å². The second-order valence-electron chi connectivity index (χ2n) is 9.23. The van der Waals surface area contributed by atoms with Gasteiger partial charge in [0.05, 0.1) is 5.69 Å². The molecule has 0 saturated heterocycles. The van der Waals surface area contributed by atoms with Crippen LogP contribution in [0, 0.1) is 0 Å². The number of fused-ring (bicyclic) bond motifs is 1. The molecule has 8 heteroatoms. The summed E-state index contributed by atoms with van der Waals surface area (Å²) in [5, 5.41) is 17.9. The zero-order valence-corrected chi connectivity index (χ0v) is 22.1. The highest BCUT2D eigenvalue weighted by molar-refractivity contribution is 5.98. The maximum atomic E-state index is 12.2. The molecule has 0 fully saturated rings. The van der Waals surface area contributed by atoms with Crippen molar-refractivity contribution in [2.24, 2.45) is 0 Å². The minimum absolute atomic E-state index is 0.0110. The number of aromatic nitrogens is 1.